The first-order chi connectivity index (χ1) is 10.4. The van der Waals surface area contributed by atoms with Gasteiger partial charge >= 0.3 is 6.03 Å². The fourth-order valence-corrected chi connectivity index (χ4v) is 2.48. The molecule has 1 aliphatic rings. The van der Waals surface area contributed by atoms with Crippen LogP contribution in [0.3, 0.4) is 0 Å². The van der Waals surface area contributed by atoms with Crippen molar-refractivity contribution in [1.82, 2.24) is 25.3 Å². The molecule has 2 amide bonds. The van der Waals surface area contributed by atoms with Gasteiger partial charge in [-0.15, -0.1) is 0 Å². The molecule has 1 fully saturated rings. The number of hydrogen-bond acceptors (Lipinski definition) is 4. The summed E-state index contributed by atoms with van der Waals surface area (Å²) in [7, 11) is 5.90. The van der Waals surface area contributed by atoms with Crippen LogP contribution in [0, 0.1) is 6.92 Å². The van der Waals surface area contributed by atoms with Crippen LogP contribution in [0.1, 0.15) is 30.7 Å². The van der Waals surface area contributed by atoms with E-state index in [-0.39, 0.29) is 18.2 Å². The van der Waals surface area contributed by atoms with Gasteiger partial charge in [0.25, 0.3) is 0 Å². The summed E-state index contributed by atoms with van der Waals surface area (Å²) in [5.74, 6) is 0. The molecule has 2 rings (SSSR count). The molecular formula is C15H27N5O2. The third-order valence-corrected chi connectivity index (χ3v) is 4.43. The van der Waals surface area contributed by atoms with E-state index >= 15 is 0 Å². The molecule has 0 spiro atoms. The number of ether oxygens (including phenoxy) is 1. The van der Waals surface area contributed by atoms with Gasteiger partial charge in [0.15, 0.2) is 0 Å². The summed E-state index contributed by atoms with van der Waals surface area (Å²) in [5.41, 5.74) is 2.12. The molecule has 2 N–H and O–H groups in total. The lowest BCUT2D eigenvalue weighted by Crippen LogP contribution is -2.47. The average Bonchev–Trinajstić information content (AvgIpc) is 3.04. The molecule has 1 aromatic heterocycles. The molecule has 1 aliphatic heterocycles. The van der Waals surface area contributed by atoms with Gasteiger partial charge in [-0.2, -0.15) is 5.10 Å². The molecule has 1 saturated heterocycles. The molecule has 124 valence electrons. The van der Waals surface area contributed by atoms with Crippen LogP contribution in [-0.4, -0.2) is 60.0 Å². The number of urea groups is 1. The number of carbonyl (C=O) groups excluding carboxylic acids is 1. The minimum Gasteiger partial charge on any atom is -0.371 e. The third-order valence-electron chi connectivity index (χ3n) is 4.43. The molecule has 0 aromatic carbocycles. The predicted octanol–water partition coefficient (Wildman–Crippen LogP) is 0.808. The Morgan fingerprint density at radius 3 is 2.91 bits per heavy atom. The predicted molar refractivity (Wildman–Crippen MR) is 84.7 cm³/mol. The maximum Gasteiger partial charge on any atom is 0.315 e. The van der Waals surface area contributed by atoms with Gasteiger partial charge in [-0.25, -0.2) is 4.79 Å². The van der Waals surface area contributed by atoms with Crippen LogP contribution >= 0.6 is 0 Å². The molecule has 7 nitrogen and oxygen atoms in total. The van der Waals surface area contributed by atoms with Gasteiger partial charge in [0.05, 0.1) is 12.2 Å². The van der Waals surface area contributed by atoms with E-state index in [1.807, 2.05) is 38.9 Å². The van der Waals surface area contributed by atoms with E-state index < -0.39 is 0 Å². The summed E-state index contributed by atoms with van der Waals surface area (Å²) >= 11 is 0. The third kappa shape index (κ3) is 3.78. The van der Waals surface area contributed by atoms with Gasteiger partial charge in [0.1, 0.15) is 6.10 Å². The van der Waals surface area contributed by atoms with Gasteiger partial charge in [0, 0.05) is 37.5 Å². The smallest absolute Gasteiger partial charge is 0.315 e. The number of likely N-dealkylation sites (N-methyl/N-ethyl adjacent to an activating group) is 1. The summed E-state index contributed by atoms with van der Waals surface area (Å²) in [4.78, 5) is 14.1. The molecule has 0 aliphatic carbocycles. The van der Waals surface area contributed by atoms with Crippen molar-refractivity contribution >= 4 is 6.03 Å². The van der Waals surface area contributed by atoms with Crippen molar-refractivity contribution in [3.05, 3.63) is 17.5 Å². The molecule has 0 bridgehead atoms. The first-order valence-electron chi connectivity index (χ1n) is 7.71. The summed E-state index contributed by atoms with van der Waals surface area (Å²) in [5, 5.41) is 10.2. The molecule has 0 unspecified atom stereocenters. The summed E-state index contributed by atoms with van der Waals surface area (Å²) in [6, 6.07) is 0.134. The zero-order chi connectivity index (χ0) is 16.3. The minimum atomic E-state index is -0.143. The van der Waals surface area contributed by atoms with E-state index in [9.17, 15) is 4.79 Å². The lowest BCUT2D eigenvalue weighted by Gasteiger charge is -2.23. The van der Waals surface area contributed by atoms with E-state index in [0.29, 0.717) is 19.2 Å². The second-order valence-electron chi connectivity index (χ2n) is 6.16. The Balaban J connectivity index is 1.91. The highest BCUT2D eigenvalue weighted by Crippen LogP contribution is 2.30. The van der Waals surface area contributed by atoms with Crippen molar-refractivity contribution < 1.29 is 9.53 Å². The Hall–Kier alpha value is -1.60. The number of nitrogens with zero attached hydrogens (tertiary/aromatic N) is 3. The fourth-order valence-electron chi connectivity index (χ4n) is 2.48. The Morgan fingerprint density at radius 1 is 1.59 bits per heavy atom. The average molecular weight is 309 g/mol. The lowest BCUT2D eigenvalue weighted by atomic mass is 10.0. The second-order valence-corrected chi connectivity index (χ2v) is 6.16. The van der Waals surface area contributed by atoms with Crippen molar-refractivity contribution in [2.75, 3.05) is 27.2 Å². The quantitative estimate of drug-likeness (QED) is 0.844. The van der Waals surface area contributed by atoms with Crippen LogP contribution in [-0.2, 0) is 11.8 Å². The maximum absolute atomic E-state index is 12.1. The van der Waals surface area contributed by atoms with Crippen molar-refractivity contribution in [2.24, 2.45) is 7.05 Å². The number of carbonyl (C=O) groups is 1. The molecule has 2 heterocycles. The lowest BCUT2D eigenvalue weighted by molar-refractivity contribution is 0.0993. The first-order valence-corrected chi connectivity index (χ1v) is 7.71. The van der Waals surface area contributed by atoms with E-state index in [1.54, 1.807) is 0 Å². The maximum atomic E-state index is 12.1. The van der Waals surface area contributed by atoms with Crippen LogP contribution in [0.15, 0.2) is 6.20 Å². The van der Waals surface area contributed by atoms with Crippen LogP contribution < -0.4 is 10.6 Å². The van der Waals surface area contributed by atoms with Crippen molar-refractivity contribution in [3.63, 3.8) is 0 Å². The summed E-state index contributed by atoms with van der Waals surface area (Å²) in [6.45, 7) is 5.35. The monoisotopic (exact) mass is 309 g/mol. The SMILES string of the molecule is Cc1c([C@H]2OCC[C@@H]2NC(=O)NC[C@H](C)N(C)C)cnn1C. The van der Waals surface area contributed by atoms with Gasteiger partial charge in [-0.05, 0) is 34.4 Å². The van der Waals surface area contributed by atoms with Crippen LogP contribution in [0.5, 0.6) is 0 Å². The molecule has 0 saturated carbocycles. The number of amides is 2. The number of rotatable bonds is 5. The summed E-state index contributed by atoms with van der Waals surface area (Å²) in [6.07, 6.45) is 2.52. The van der Waals surface area contributed by atoms with E-state index in [0.717, 1.165) is 17.7 Å². The van der Waals surface area contributed by atoms with Crippen LogP contribution in [0.4, 0.5) is 4.79 Å². The zero-order valence-corrected chi connectivity index (χ0v) is 14.1. The standard InChI is InChI=1S/C15H27N5O2/c1-10(19(3)4)8-16-15(21)18-13-6-7-22-14(13)12-9-17-20(5)11(12)2/h9-10,13-14H,6-8H2,1-5H3,(H2,16,18,21)/t10-,13-,14+/m0/s1. The fraction of sp³-hybridized carbons (Fsp3) is 0.733. The van der Waals surface area contributed by atoms with Crippen LogP contribution in [0.25, 0.3) is 0 Å². The van der Waals surface area contributed by atoms with Gasteiger partial charge in [-0.1, -0.05) is 0 Å². The Kier molecular flexibility index (Phi) is 5.42. The molecule has 0 radical (unpaired) electrons. The molecule has 22 heavy (non-hydrogen) atoms. The molecule has 1 aromatic rings. The van der Waals surface area contributed by atoms with Crippen molar-refractivity contribution in [3.8, 4) is 0 Å². The minimum absolute atomic E-state index is 0.0161. The first kappa shape index (κ1) is 16.8. The van der Waals surface area contributed by atoms with E-state index in [4.69, 9.17) is 4.74 Å². The van der Waals surface area contributed by atoms with Crippen molar-refractivity contribution in [2.45, 2.75) is 38.5 Å². The number of hydrogen-bond donors (Lipinski definition) is 2. The highest BCUT2D eigenvalue weighted by atomic mass is 16.5. The highest BCUT2D eigenvalue weighted by molar-refractivity contribution is 5.74. The molecule has 3 atom stereocenters. The van der Waals surface area contributed by atoms with Crippen LogP contribution in [0.2, 0.25) is 0 Å². The Labute approximate surface area is 132 Å². The Morgan fingerprint density at radius 2 is 2.32 bits per heavy atom. The Bertz CT molecular complexity index is 514. The molecule has 7 heteroatoms. The normalized spacial score (nSPS) is 22.8. The molecular weight excluding hydrogens is 282 g/mol. The van der Waals surface area contributed by atoms with Gasteiger partial charge in [0.2, 0.25) is 0 Å². The van der Waals surface area contributed by atoms with Gasteiger partial charge in [-0.3, -0.25) is 4.68 Å². The summed E-state index contributed by atoms with van der Waals surface area (Å²) < 4.78 is 7.63. The topological polar surface area (TPSA) is 71.4 Å². The largest absolute Gasteiger partial charge is 0.371 e. The number of aromatic nitrogens is 2. The van der Waals surface area contributed by atoms with E-state index in [1.165, 1.54) is 0 Å². The highest BCUT2D eigenvalue weighted by Gasteiger charge is 2.33. The second kappa shape index (κ2) is 7.11. The van der Waals surface area contributed by atoms with Crippen molar-refractivity contribution in [1.29, 1.82) is 0 Å². The number of aryl methyl sites for hydroxylation is 1. The number of nitrogens with one attached hydrogen (secondary N) is 2. The van der Waals surface area contributed by atoms with Gasteiger partial charge < -0.3 is 20.3 Å². The van der Waals surface area contributed by atoms with E-state index in [2.05, 4.69) is 27.6 Å². The zero-order valence-electron chi connectivity index (χ0n) is 14.1.